The first-order valence-corrected chi connectivity index (χ1v) is 9.96. The van der Waals surface area contributed by atoms with E-state index in [1.165, 1.54) is 0 Å². The molecule has 0 radical (unpaired) electrons. The van der Waals surface area contributed by atoms with E-state index in [9.17, 15) is 4.79 Å². The van der Waals surface area contributed by atoms with Gasteiger partial charge in [0.2, 0.25) is 5.89 Å². The Kier molecular flexibility index (Phi) is 6.26. The van der Waals surface area contributed by atoms with Gasteiger partial charge in [0, 0.05) is 25.4 Å². The molecule has 1 aliphatic heterocycles. The van der Waals surface area contributed by atoms with Crippen molar-refractivity contribution in [2.75, 3.05) is 13.2 Å². The number of rotatable bonds is 7. The molecule has 0 saturated carbocycles. The molecule has 1 saturated heterocycles. The van der Waals surface area contributed by atoms with Gasteiger partial charge in [0.1, 0.15) is 6.04 Å². The Balaban J connectivity index is 1.36. The van der Waals surface area contributed by atoms with Gasteiger partial charge in [-0.2, -0.15) is 4.98 Å². The van der Waals surface area contributed by atoms with Gasteiger partial charge in [-0.3, -0.25) is 9.78 Å². The first-order chi connectivity index (χ1) is 14.3. The molecule has 1 unspecified atom stereocenters. The van der Waals surface area contributed by atoms with Gasteiger partial charge in [0.25, 0.3) is 5.91 Å². The maximum Gasteiger partial charge on any atom is 0.256 e. The molecule has 7 heteroatoms. The van der Waals surface area contributed by atoms with Crippen molar-refractivity contribution < 1.29 is 14.1 Å². The maximum atomic E-state index is 12.9. The lowest BCUT2D eigenvalue weighted by molar-refractivity contribution is 0.0561. The van der Waals surface area contributed by atoms with Crippen LogP contribution in [0.3, 0.4) is 0 Å². The number of hydrogen-bond donors (Lipinski definition) is 0. The van der Waals surface area contributed by atoms with E-state index in [0.29, 0.717) is 43.5 Å². The highest BCUT2D eigenvalue weighted by molar-refractivity contribution is 5.94. The van der Waals surface area contributed by atoms with Crippen molar-refractivity contribution >= 4 is 5.91 Å². The number of carbonyl (C=O) groups is 1. The van der Waals surface area contributed by atoms with Crippen LogP contribution >= 0.6 is 0 Å². The number of likely N-dealkylation sites (tertiary alicyclic amines) is 1. The van der Waals surface area contributed by atoms with Crippen LogP contribution < -0.4 is 0 Å². The van der Waals surface area contributed by atoms with Crippen LogP contribution in [0.2, 0.25) is 0 Å². The molecule has 0 spiro atoms. The number of hydrogen-bond acceptors (Lipinski definition) is 6. The van der Waals surface area contributed by atoms with Crippen molar-refractivity contribution in [1.82, 2.24) is 20.0 Å². The lowest BCUT2D eigenvalue weighted by atomic mass is 10.0. The molecule has 0 N–H and O–H groups in total. The second kappa shape index (κ2) is 9.43. The second-order valence-corrected chi connectivity index (χ2v) is 7.09. The van der Waals surface area contributed by atoms with Gasteiger partial charge in [0.05, 0.1) is 18.8 Å². The molecule has 0 aliphatic carbocycles. The van der Waals surface area contributed by atoms with Crippen LogP contribution in [0.4, 0.5) is 0 Å². The minimum Gasteiger partial charge on any atom is -0.376 e. The van der Waals surface area contributed by atoms with Gasteiger partial charge in [0.15, 0.2) is 5.82 Å². The normalized spacial score (nSPS) is 16.7. The molecule has 3 aromatic rings. The van der Waals surface area contributed by atoms with Crippen molar-refractivity contribution in [3.63, 3.8) is 0 Å². The molecule has 1 amide bonds. The number of pyridine rings is 1. The van der Waals surface area contributed by atoms with Gasteiger partial charge in [-0.1, -0.05) is 35.5 Å². The van der Waals surface area contributed by atoms with Crippen molar-refractivity contribution in [2.45, 2.75) is 38.3 Å². The molecule has 150 valence electrons. The van der Waals surface area contributed by atoms with Crippen LogP contribution in [-0.2, 0) is 17.8 Å². The van der Waals surface area contributed by atoms with E-state index in [-0.39, 0.29) is 11.9 Å². The molecule has 0 bridgehead atoms. The van der Waals surface area contributed by atoms with Gasteiger partial charge >= 0.3 is 0 Å². The molecule has 2 aromatic heterocycles. The molecular formula is C22H24N4O3. The standard InChI is InChI=1S/C22H24N4O3/c27-22(18-9-6-12-23-15-18)26-13-5-4-10-19(26)21-24-20(25-29-21)11-14-28-16-17-7-2-1-3-8-17/h1-3,6-9,12,15,19H,4-5,10-11,13-14,16H2. The number of aromatic nitrogens is 3. The predicted octanol–water partition coefficient (Wildman–Crippen LogP) is 3.59. The largest absolute Gasteiger partial charge is 0.376 e. The number of benzene rings is 1. The second-order valence-electron chi connectivity index (χ2n) is 7.09. The van der Waals surface area contributed by atoms with Crippen molar-refractivity contribution in [3.8, 4) is 0 Å². The van der Waals surface area contributed by atoms with Crippen LogP contribution in [-0.4, -0.2) is 39.1 Å². The van der Waals surface area contributed by atoms with Crippen molar-refractivity contribution in [3.05, 3.63) is 77.7 Å². The summed E-state index contributed by atoms with van der Waals surface area (Å²) in [6.07, 6.45) is 6.64. The Labute approximate surface area is 169 Å². The smallest absolute Gasteiger partial charge is 0.256 e. The fraction of sp³-hybridized carbons (Fsp3) is 0.364. The van der Waals surface area contributed by atoms with E-state index in [2.05, 4.69) is 15.1 Å². The zero-order valence-corrected chi connectivity index (χ0v) is 16.2. The lowest BCUT2D eigenvalue weighted by Gasteiger charge is -2.33. The first kappa shape index (κ1) is 19.3. The molecule has 1 aromatic carbocycles. The molecule has 1 atom stereocenters. The quantitative estimate of drug-likeness (QED) is 0.572. The van der Waals surface area contributed by atoms with E-state index in [0.717, 1.165) is 24.8 Å². The van der Waals surface area contributed by atoms with Crippen LogP contribution in [0, 0.1) is 0 Å². The van der Waals surface area contributed by atoms with Crippen LogP contribution in [0.1, 0.15) is 52.9 Å². The molecule has 4 rings (SSSR count). The summed E-state index contributed by atoms with van der Waals surface area (Å²) in [5.41, 5.74) is 1.71. The monoisotopic (exact) mass is 392 g/mol. The van der Waals surface area contributed by atoms with E-state index in [1.807, 2.05) is 35.2 Å². The summed E-state index contributed by atoms with van der Waals surface area (Å²) in [6.45, 7) is 1.74. The third-order valence-electron chi connectivity index (χ3n) is 5.02. The van der Waals surface area contributed by atoms with Gasteiger partial charge in [-0.25, -0.2) is 0 Å². The number of ether oxygens (including phenoxy) is 1. The SMILES string of the molecule is O=C(c1cccnc1)N1CCCCC1c1nc(CCOCc2ccccc2)no1. The van der Waals surface area contributed by atoms with E-state index in [4.69, 9.17) is 9.26 Å². The minimum atomic E-state index is -0.192. The molecule has 1 aliphatic rings. The van der Waals surface area contributed by atoms with E-state index in [1.54, 1.807) is 24.5 Å². The molecule has 29 heavy (non-hydrogen) atoms. The lowest BCUT2D eigenvalue weighted by Crippen LogP contribution is -2.38. The Bertz CT molecular complexity index is 914. The number of piperidine rings is 1. The average molecular weight is 392 g/mol. The fourth-order valence-electron chi connectivity index (χ4n) is 3.52. The van der Waals surface area contributed by atoms with Crippen LogP contribution in [0.5, 0.6) is 0 Å². The Morgan fingerprint density at radius 1 is 1.17 bits per heavy atom. The molecule has 1 fully saturated rings. The van der Waals surface area contributed by atoms with E-state index < -0.39 is 0 Å². The summed E-state index contributed by atoms with van der Waals surface area (Å²) in [5.74, 6) is 1.06. The highest BCUT2D eigenvalue weighted by Crippen LogP contribution is 2.31. The fourth-order valence-corrected chi connectivity index (χ4v) is 3.52. The summed E-state index contributed by atoms with van der Waals surface area (Å²) >= 11 is 0. The Hall–Kier alpha value is -3.06. The summed E-state index contributed by atoms with van der Waals surface area (Å²) in [4.78, 5) is 23.3. The van der Waals surface area contributed by atoms with Gasteiger partial charge in [-0.15, -0.1) is 0 Å². The van der Waals surface area contributed by atoms with Crippen LogP contribution in [0.15, 0.2) is 59.4 Å². The third kappa shape index (κ3) is 4.86. The first-order valence-electron chi connectivity index (χ1n) is 9.96. The summed E-state index contributed by atoms with van der Waals surface area (Å²) in [7, 11) is 0. The third-order valence-corrected chi connectivity index (χ3v) is 5.02. The number of nitrogens with zero attached hydrogens (tertiary/aromatic N) is 4. The Morgan fingerprint density at radius 2 is 2.07 bits per heavy atom. The average Bonchev–Trinajstić information content (AvgIpc) is 3.26. The minimum absolute atomic E-state index is 0.0475. The van der Waals surface area contributed by atoms with Crippen molar-refractivity contribution in [1.29, 1.82) is 0 Å². The Morgan fingerprint density at radius 3 is 2.90 bits per heavy atom. The summed E-state index contributed by atoms with van der Waals surface area (Å²) < 4.78 is 11.2. The number of carbonyl (C=O) groups excluding carboxylic acids is 1. The molecular weight excluding hydrogens is 368 g/mol. The van der Waals surface area contributed by atoms with Gasteiger partial charge < -0.3 is 14.2 Å². The van der Waals surface area contributed by atoms with Gasteiger partial charge in [-0.05, 0) is 37.0 Å². The van der Waals surface area contributed by atoms with Crippen molar-refractivity contribution in [2.24, 2.45) is 0 Å². The van der Waals surface area contributed by atoms with Crippen LogP contribution in [0.25, 0.3) is 0 Å². The predicted molar refractivity (Wildman–Crippen MR) is 106 cm³/mol. The number of amides is 1. The summed E-state index contributed by atoms with van der Waals surface area (Å²) in [5, 5.41) is 4.09. The zero-order chi connectivity index (χ0) is 19.9. The topological polar surface area (TPSA) is 81.4 Å². The highest BCUT2D eigenvalue weighted by atomic mass is 16.5. The van der Waals surface area contributed by atoms with E-state index >= 15 is 0 Å². The molecule has 3 heterocycles. The zero-order valence-electron chi connectivity index (χ0n) is 16.2. The highest BCUT2D eigenvalue weighted by Gasteiger charge is 2.32. The maximum absolute atomic E-state index is 12.9. The molecule has 7 nitrogen and oxygen atoms in total. The summed E-state index contributed by atoms with van der Waals surface area (Å²) in [6, 6.07) is 13.4.